The maximum Gasteiger partial charge on any atom is 0.129 e. The molecule has 2 rings (SSSR count). The maximum atomic E-state index is 13.6. The van der Waals surface area contributed by atoms with Crippen molar-refractivity contribution >= 4 is 15.9 Å². The van der Waals surface area contributed by atoms with Crippen molar-refractivity contribution < 1.29 is 13.9 Å². The zero-order chi connectivity index (χ0) is 15.6. The minimum atomic E-state index is -0.880. The van der Waals surface area contributed by atoms with Crippen LogP contribution in [0.25, 0.3) is 0 Å². The lowest BCUT2D eigenvalue weighted by Gasteiger charge is -2.13. The number of aliphatic hydroxyl groups is 1. The lowest BCUT2D eigenvalue weighted by molar-refractivity contribution is 0.169. The Kier molecular flexibility index (Phi) is 5.11. The second-order valence-corrected chi connectivity index (χ2v) is 5.72. The van der Waals surface area contributed by atoms with Crippen LogP contribution in [-0.2, 0) is 19.4 Å². The van der Waals surface area contributed by atoms with Gasteiger partial charge in [-0.15, -0.1) is 0 Å². The second kappa shape index (κ2) is 6.66. The average molecular weight is 359 g/mol. The number of aliphatic hydroxyl groups excluding tert-OH is 1. The van der Waals surface area contributed by atoms with Crippen LogP contribution in [0.15, 0.2) is 22.7 Å². The highest BCUT2D eigenvalue weighted by molar-refractivity contribution is 9.10. The molecule has 0 aliphatic heterocycles. The van der Waals surface area contributed by atoms with E-state index in [-0.39, 0.29) is 18.4 Å². The van der Waals surface area contributed by atoms with E-state index in [1.54, 1.807) is 4.68 Å². The molecule has 3 nitrogen and oxygen atoms in total. The Bertz CT molecular complexity index is 623. The summed E-state index contributed by atoms with van der Waals surface area (Å²) in [5.41, 5.74) is 1.58. The Hall–Kier alpha value is -1.27. The summed E-state index contributed by atoms with van der Waals surface area (Å²) in [6.45, 7) is 4.48. The molecule has 0 bridgehead atoms. The quantitative estimate of drug-likeness (QED) is 0.889. The van der Waals surface area contributed by atoms with Crippen LogP contribution < -0.4 is 0 Å². The number of aryl methyl sites for hydroxylation is 2. The summed E-state index contributed by atoms with van der Waals surface area (Å²) in [5.74, 6) is -1.26. The van der Waals surface area contributed by atoms with Gasteiger partial charge in [0.1, 0.15) is 11.6 Å². The third-order valence-corrected chi connectivity index (χ3v) is 4.41. The second-order valence-electron chi connectivity index (χ2n) is 4.92. The first kappa shape index (κ1) is 16.1. The molecule has 114 valence electrons. The summed E-state index contributed by atoms with van der Waals surface area (Å²) < 4.78 is 29.8. The Morgan fingerprint density at radius 1 is 1.29 bits per heavy atom. The van der Waals surface area contributed by atoms with Crippen LogP contribution in [0.5, 0.6) is 0 Å². The van der Waals surface area contributed by atoms with Gasteiger partial charge >= 0.3 is 0 Å². The van der Waals surface area contributed by atoms with E-state index >= 15 is 0 Å². The molecule has 0 saturated heterocycles. The molecule has 1 atom stereocenters. The number of rotatable bonds is 5. The molecule has 0 aliphatic carbocycles. The Balaban J connectivity index is 2.17. The first-order valence-corrected chi connectivity index (χ1v) is 7.56. The van der Waals surface area contributed by atoms with Crippen molar-refractivity contribution in [1.29, 1.82) is 0 Å². The fraction of sp³-hybridized carbons (Fsp3) is 0.400. The van der Waals surface area contributed by atoms with E-state index in [2.05, 4.69) is 21.0 Å². The van der Waals surface area contributed by atoms with Gasteiger partial charge in [-0.25, -0.2) is 8.78 Å². The summed E-state index contributed by atoms with van der Waals surface area (Å²) in [6, 6.07) is 3.70. The molecule has 1 N–H and O–H groups in total. The van der Waals surface area contributed by atoms with Gasteiger partial charge < -0.3 is 5.11 Å². The van der Waals surface area contributed by atoms with Crippen molar-refractivity contribution in [3.63, 3.8) is 0 Å². The highest BCUT2D eigenvalue weighted by Gasteiger charge is 2.19. The van der Waals surface area contributed by atoms with Gasteiger partial charge in [-0.3, -0.25) is 4.68 Å². The van der Waals surface area contributed by atoms with Gasteiger partial charge in [-0.1, -0.05) is 6.07 Å². The largest absolute Gasteiger partial charge is 0.392 e. The van der Waals surface area contributed by atoms with Crippen LogP contribution in [0.2, 0.25) is 0 Å². The van der Waals surface area contributed by atoms with E-state index < -0.39 is 17.7 Å². The van der Waals surface area contributed by atoms with Gasteiger partial charge in [0.2, 0.25) is 0 Å². The molecule has 0 amide bonds. The zero-order valence-corrected chi connectivity index (χ0v) is 13.5. The number of benzene rings is 1. The Morgan fingerprint density at radius 2 is 1.90 bits per heavy atom. The molecule has 0 spiro atoms. The van der Waals surface area contributed by atoms with Crippen molar-refractivity contribution in [2.24, 2.45) is 0 Å². The average Bonchev–Trinajstić information content (AvgIpc) is 2.71. The third-order valence-electron chi connectivity index (χ3n) is 3.38. The minimum Gasteiger partial charge on any atom is -0.392 e. The highest BCUT2D eigenvalue weighted by Crippen LogP contribution is 2.24. The SMILES string of the molecule is CCn1nc(C)c(Br)c1CC(O)Cc1c(F)cccc1F. The van der Waals surface area contributed by atoms with Gasteiger partial charge in [0, 0.05) is 24.9 Å². The third kappa shape index (κ3) is 3.49. The van der Waals surface area contributed by atoms with Crippen LogP contribution in [-0.4, -0.2) is 21.0 Å². The molecular weight excluding hydrogens is 342 g/mol. The summed E-state index contributed by atoms with van der Waals surface area (Å²) in [5, 5.41) is 14.5. The molecule has 21 heavy (non-hydrogen) atoms. The van der Waals surface area contributed by atoms with Crippen molar-refractivity contribution in [3.8, 4) is 0 Å². The molecule has 1 unspecified atom stereocenters. The number of hydrogen-bond acceptors (Lipinski definition) is 2. The normalized spacial score (nSPS) is 12.7. The van der Waals surface area contributed by atoms with E-state index in [4.69, 9.17) is 0 Å². The van der Waals surface area contributed by atoms with Crippen LogP contribution >= 0.6 is 15.9 Å². The Morgan fingerprint density at radius 3 is 2.48 bits per heavy atom. The summed E-state index contributed by atoms with van der Waals surface area (Å²) >= 11 is 3.44. The number of aromatic nitrogens is 2. The molecule has 1 aromatic heterocycles. The standard InChI is InChI=1S/C15H17BrF2N2O/c1-3-20-14(15(16)9(2)19-20)8-10(21)7-11-12(17)5-4-6-13(11)18/h4-6,10,21H,3,7-8H2,1-2H3. The molecule has 1 aromatic carbocycles. The Labute approximate surface area is 130 Å². The predicted octanol–water partition coefficient (Wildman–Crippen LogP) is 3.40. The molecule has 0 aliphatic rings. The highest BCUT2D eigenvalue weighted by atomic mass is 79.9. The van der Waals surface area contributed by atoms with Crippen molar-refractivity contribution in [2.75, 3.05) is 0 Å². The van der Waals surface area contributed by atoms with E-state index in [1.165, 1.54) is 18.2 Å². The van der Waals surface area contributed by atoms with Gasteiger partial charge in [-0.2, -0.15) is 5.10 Å². The van der Waals surface area contributed by atoms with E-state index in [1.807, 2.05) is 13.8 Å². The lowest BCUT2D eigenvalue weighted by atomic mass is 10.0. The topological polar surface area (TPSA) is 38.0 Å². The van der Waals surface area contributed by atoms with Crippen molar-refractivity contribution in [3.05, 3.63) is 51.3 Å². The summed E-state index contributed by atoms with van der Waals surface area (Å²) in [6.07, 6.45) is -0.670. The lowest BCUT2D eigenvalue weighted by Crippen LogP contribution is -2.18. The monoisotopic (exact) mass is 358 g/mol. The molecule has 6 heteroatoms. The minimum absolute atomic E-state index is 0.0705. The number of hydrogen-bond donors (Lipinski definition) is 1. The molecule has 0 saturated carbocycles. The maximum absolute atomic E-state index is 13.6. The van der Waals surface area contributed by atoms with Gasteiger partial charge in [-0.05, 0) is 41.9 Å². The number of halogens is 3. The van der Waals surface area contributed by atoms with E-state index in [0.717, 1.165) is 15.9 Å². The fourth-order valence-corrected chi connectivity index (χ4v) is 2.77. The molecule has 1 heterocycles. The first-order chi connectivity index (χ1) is 9.93. The van der Waals surface area contributed by atoms with E-state index in [9.17, 15) is 13.9 Å². The summed E-state index contributed by atoms with van der Waals surface area (Å²) in [7, 11) is 0. The fourth-order valence-electron chi connectivity index (χ4n) is 2.32. The first-order valence-electron chi connectivity index (χ1n) is 6.76. The zero-order valence-electron chi connectivity index (χ0n) is 11.9. The molecule has 0 fully saturated rings. The van der Waals surface area contributed by atoms with Crippen LogP contribution in [0, 0.1) is 18.6 Å². The van der Waals surface area contributed by atoms with Crippen LogP contribution in [0.4, 0.5) is 8.78 Å². The van der Waals surface area contributed by atoms with Gasteiger partial charge in [0.05, 0.1) is 22.0 Å². The summed E-state index contributed by atoms with van der Waals surface area (Å²) in [4.78, 5) is 0. The van der Waals surface area contributed by atoms with Crippen LogP contribution in [0.1, 0.15) is 23.9 Å². The predicted molar refractivity (Wildman–Crippen MR) is 80.1 cm³/mol. The number of nitrogens with zero attached hydrogens (tertiary/aromatic N) is 2. The molecular formula is C15H17BrF2N2O. The molecule has 0 radical (unpaired) electrons. The smallest absolute Gasteiger partial charge is 0.129 e. The van der Waals surface area contributed by atoms with Gasteiger partial charge in [0.15, 0.2) is 0 Å². The van der Waals surface area contributed by atoms with Crippen molar-refractivity contribution in [2.45, 2.75) is 39.3 Å². The van der Waals surface area contributed by atoms with Crippen LogP contribution in [0.3, 0.4) is 0 Å². The van der Waals surface area contributed by atoms with Gasteiger partial charge in [0.25, 0.3) is 0 Å². The van der Waals surface area contributed by atoms with Crippen molar-refractivity contribution in [1.82, 2.24) is 9.78 Å². The molecule has 2 aromatic rings. The van der Waals surface area contributed by atoms with E-state index in [0.29, 0.717) is 6.54 Å².